The van der Waals surface area contributed by atoms with E-state index in [1.807, 2.05) is 0 Å². The molecule has 0 aliphatic heterocycles. The highest BCUT2D eigenvalue weighted by atomic mass is 16.3. The first-order valence-electron chi connectivity index (χ1n) is 3.84. The summed E-state index contributed by atoms with van der Waals surface area (Å²) in [5, 5.41) is 17.9. The molecule has 2 N–H and O–H groups in total. The number of hydrogen-bond acceptors (Lipinski definition) is 3. The third-order valence-corrected chi connectivity index (χ3v) is 1.63. The van der Waals surface area contributed by atoms with Crippen molar-refractivity contribution in [2.45, 2.75) is 0 Å². The number of aliphatic hydroxyl groups excluding tert-OH is 1. The van der Waals surface area contributed by atoms with Crippen molar-refractivity contribution in [3.63, 3.8) is 0 Å². The van der Waals surface area contributed by atoms with Crippen molar-refractivity contribution in [1.82, 2.24) is 0 Å². The maximum Gasteiger partial charge on any atom is 0.150 e. The Bertz CT molecular complexity index is 329. The predicted molar refractivity (Wildman–Crippen MR) is 49.6 cm³/mol. The monoisotopic (exact) mass is 178 g/mol. The first-order valence-corrected chi connectivity index (χ1v) is 3.84. The molecule has 0 atom stereocenters. The molecule has 3 heteroatoms. The van der Waals surface area contributed by atoms with Crippen molar-refractivity contribution >= 4 is 12.4 Å². The Morgan fingerprint density at radius 1 is 1.38 bits per heavy atom. The average Bonchev–Trinajstić information content (AvgIpc) is 2.15. The van der Waals surface area contributed by atoms with Crippen molar-refractivity contribution in [2.24, 2.45) is 0 Å². The van der Waals surface area contributed by atoms with Gasteiger partial charge in [0.15, 0.2) is 6.29 Å². The van der Waals surface area contributed by atoms with Gasteiger partial charge in [-0.2, -0.15) is 0 Å². The van der Waals surface area contributed by atoms with E-state index in [0.717, 1.165) is 0 Å². The fourth-order valence-corrected chi connectivity index (χ4v) is 1.03. The molecule has 0 radical (unpaired) electrons. The first-order chi connectivity index (χ1) is 6.29. The summed E-state index contributed by atoms with van der Waals surface area (Å²) in [5.74, 6) is 0.0364. The third kappa shape index (κ3) is 2.16. The molecule has 0 spiro atoms. The molecule has 68 valence electrons. The van der Waals surface area contributed by atoms with Gasteiger partial charge in [-0.25, -0.2) is 0 Å². The molecule has 1 rings (SSSR count). The highest BCUT2D eigenvalue weighted by molar-refractivity contribution is 5.83. The summed E-state index contributed by atoms with van der Waals surface area (Å²) >= 11 is 0. The van der Waals surface area contributed by atoms with Crippen molar-refractivity contribution < 1.29 is 15.0 Å². The summed E-state index contributed by atoms with van der Waals surface area (Å²) < 4.78 is 0. The first kappa shape index (κ1) is 9.48. The average molecular weight is 178 g/mol. The van der Waals surface area contributed by atoms with Crippen LogP contribution in [0.5, 0.6) is 5.75 Å². The molecule has 0 amide bonds. The highest BCUT2D eigenvalue weighted by Gasteiger charge is 2.02. The zero-order valence-corrected chi connectivity index (χ0v) is 6.97. The van der Waals surface area contributed by atoms with Gasteiger partial charge in [0.1, 0.15) is 5.75 Å². The Morgan fingerprint density at radius 2 is 2.15 bits per heavy atom. The zero-order valence-electron chi connectivity index (χ0n) is 6.97. The quantitative estimate of drug-likeness (QED) is 0.684. The second kappa shape index (κ2) is 4.42. The largest absolute Gasteiger partial charge is 0.507 e. The fraction of sp³-hybridized carbons (Fsp3) is 0.100. The molecule has 0 saturated heterocycles. The van der Waals surface area contributed by atoms with E-state index in [1.165, 1.54) is 18.2 Å². The van der Waals surface area contributed by atoms with Gasteiger partial charge in [0, 0.05) is 11.1 Å². The van der Waals surface area contributed by atoms with Gasteiger partial charge in [-0.3, -0.25) is 4.79 Å². The number of rotatable bonds is 3. The lowest BCUT2D eigenvalue weighted by molar-refractivity contribution is 0.112. The second-order valence-corrected chi connectivity index (χ2v) is 2.48. The molecular formula is C10H10O3. The molecule has 0 aromatic heterocycles. The number of benzene rings is 1. The van der Waals surface area contributed by atoms with Crippen LogP contribution in [0.3, 0.4) is 0 Å². The smallest absolute Gasteiger partial charge is 0.150 e. The number of hydrogen-bond donors (Lipinski definition) is 2. The minimum Gasteiger partial charge on any atom is -0.507 e. The van der Waals surface area contributed by atoms with Gasteiger partial charge < -0.3 is 10.2 Å². The molecule has 0 bridgehead atoms. The highest BCUT2D eigenvalue weighted by Crippen LogP contribution is 2.20. The van der Waals surface area contributed by atoms with Crippen LogP contribution in [0, 0.1) is 0 Å². The molecule has 0 saturated carbocycles. The van der Waals surface area contributed by atoms with Crippen LogP contribution in [0.2, 0.25) is 0 Å². The number of carbonyl (C=O) groups is 1. The van der Waals surface area contributed by atoms with Crippen molar-refractivity contribution in [1.29, 1.82) is 0 Å². The van der Waals surface area contributed by atoms with Gasteiger partial charge in [-0.05, 0) is 6.07 Å². The summed E-state index contributed by atoms with van der Waals surface area (Å²) in [6.07, 6.45) is 3.64. The SMILES string of the molecule is O=Cc1cccc(O)c1C=CCO. The molecule has 13 heavy (non-hydrogen) atoms. The Kier molecular flexibility index (Phi) is 3.23. The van der Waals surface area contributed by atoms with Crippen molar-refractivity contribution in [3.8, 4) is 5.75 Å². The Morgan fingerprint density at radius 3 is 2.77 bits per heavy atom. The Balaban J connectivity index is 3.14. The van der Waals surface area contributed by atoms with E-state index >= 15 is 0 Å². The van der Waals surface area contributed by atoms with E-state index in [4.69, 9.17) is 5.11 Å². The molecule has 0 aliphatic carbocycles. The normalized spacial score (nSPS) is 10.5. The molecular weight excluding hydrogens is 168 g/mol. The number of phenols is 1. The second-order valence-electron chi connectivity index (χ2n) is 2.48. The number of aromatic hydroxyl groups is 1. The van der Waals surface area contributed by atoms with Crippen LogP contribution in [-0.2, 0) is 0 Å². The van der Waals surface area contributed by atoms with Gasteiger partial charge in [0.25, 0.3) is 0 Å². The lowest BCUT2D eigenvalue weighted by Gasteiger charge is -2.00. The minimum atomic E-state index is -0.118. The number of carbonyl (C=O) groups excluding carboxylic acids is 1. The summed E-state index contributed by atoms with van der Waals surface area (Å²) in [6, 6.07) is 4.68. The summed E-state index contributed by atoms with van der Waals surface area (Å²) in [6.45, 7) is -0.118. The Labute approximate surface area is 76.0 Å². The maximum atomic E-state index is 10.5. The molecule has 0 aliphatic rings. The van der Waals surface area contributed by atoms with E-state index in [-0.39, 0.29) is 12.4 Å². The lowest BCUT2D eigenvalue weighted by Crippen LogP contribution is -1.86. The van der Waals surface area contributed by atoms with Gasteiger partial charge in [0.2, 0.25) is 0 Å². The topological polar surface area (TPSA) is 57.5 Å². The van der Waals surface area contributed by atoms with E-state index in [2.05, 4.69) is 0 Å². The van der Waals surface area contributed by atoms with Crippen LogP contribution < -0.4 is 0 Å². The van der Waals surface area contributed by atoms with E-state index in [9.17, 15) is 9.90 Å². The summed E-state index contributed by atoms with van der Waals surface area (Å²) in [4.78, 5) is 10.5. The van der Waals surface area contributed by atoms with E-state index in [0.29, 0.717) is 17.4 Å². The fourth-order valence-electron chi connectivity index (χ4n) is 1.03. The van der Waals surface area contributed by atoms with Crippen molar-refractivity contribution in [2.75, 3.05) is 6.61 Å². The number of phenolic OH excluding ortho intramolecular Hbond substituents is 1. The van der Waals surface area contributed by atoms with Crippen molar-refractivity contribution in [3.05, 3.63) is 35.4 Å². The van der Waals surface area contributed by atoms with Crippen LogP contribution in [0.25, 0.3) is 6.08 Å². The summed E-state index contributed by atoms with van der Waals surface area (Å²) in [5.41, 5.74) is 0.844. The molecule has 0 unspecified atom stereocenters. The van der Waals surface area contributed by atoms with Crippen LogP contribution in [0.15, 0.2) is 24.3 Å². The minimum absolute atomic E-state index is 0.0364. The number of aliphatic hydroxyl groups is 1. The zero-order chi connectivity index (χ0) is 9.68. The Hall–Kier alpha value is -1.61. The molecule has 0 heterocycles. The summed E-state index contributed by atoms with van der Waals surface area (Å²) in [7, 11) is 0. The van der Waals surface area contributed by atoms with Gasteiger partial charge >= 0.3 is 0 Å². The molecule has 3 nitrogen and oxygen atoms in total. The van der Waals surface area contributed by atoms with Crippen LogP contribution in [0.1, 0.15) is 15.9 Å². The van der Waals surface area contributed by atoms with Crippen LogP contribution in [-0.4, -0.2) is 23.1 Å². The molecule has 1 aromatic rings. The number of aldehydes is 1. The van der Waals surface area contributed by atoms with Gasteiger partial charge in [-0.1, -0.05) is 24.3 Å². The standard InChI is InChI=1S/C10H10O3/c11-6-2-4-9-8(7-12)3-1-5-10(9)13/h1-5,7,11,13H,6H2. The van der Waals surface area contributed by atoms with E-state index < -0.39 is 0 Å². The van der Waals surface area contributed by atoms with E-state index in [1.54, 1.807) is 12.1 Å². The van der Waals surface area contributed by atoms with Crippen LogP contribution in [0.4, 0.5) is 0 Å². The lowest BCUT2D eigenvalue weighted by atomic mass is 10.1. The van der Waals surface area contributed by atoms with Gasteiger partial charge in [-0.15, -0.1) is 0 Å². The maximum absolute atomic E-state index is 10.5. The van der Waals surface area contributed by atoms with Crippen LogP contribution >= 0.6 is 0 Å². The molecule has 0 fully saturated rings. The third-order valence-electron chi connectivity index (χ3n) is 1.63. The molecule has 1 aromatic carbocycles. The van der Waals surface area contributed by atoms with Gasteiger partial charge in [0.05, 0.1) is 6.61 Å². The predicted octanol–water partition coefficient (Wildman–Crippen LogP) is 1.21.